The van der Waals surface area contributed by atoms with Gasteiger partial charge in [-0.3, -0.25) is 0 Å². The molecule has 2 aromatic rings. The number of tetrazole rings is 1. The van der Waals surface area contributed by atoms with E-state index in [0.29, 0.717) is 4.90 Å². The van der Waals surface area contributed by atoms with Crippen molar-refractivity contribution in [1.82, 2.24) is 25.3 Å². The van der Waals surface area contributed by atoms with Crippen molar-refractivity contribution >= 4 is 10.0 Å². The summed E-state index contributed by atoms with van der Waals surface area (Å²) >= 11 is 0. The van der Waals surface area contributed by atoms with E-state index in [4.69, 9.17) is 4.74 Å². The number of H-pyrrole nitrogens is 1. The van der Waals surface area contributed by atoms with Crippen LogP contribution in [0.5, 0.6) is 0 Å². The van der Waals surface area contributed by atoms with Crippen molar-refractivity contribution in [3.05, 3.63) is 48.3 Å². The summed E-state index contributed by atoms with van der Waals surface area (Å²) in [6, 6.07) is 8.35. The Bertz CT molecular complexity index is 886. The van der Waals surface area contributed by atoms with E-state index in [-0.39, 0.29) is 24.2 Å². The van der Waals surface area contributed by atoms with Gasteiger partial charge < -0.3 is 4.74 Å². The van der Waals surface area contributed by atoms with Crippen LogP contribution in [0, 0.1) is 5.92 Å². The van der Waals surface area contributed by atoms with E-state index >= 15 is 0 Å². The largest absolute Gasteiger partial charge is 0.373 e. The second kappa shape index (κ2) is 8.50. The number of unbranched alkanes of at least 4 members (excludes halogenated alkanes) is 1. The number of fused-ring (bicyclic) bond motifs is 2. The Morgan fingerprint density at radius 3 is 2.79 bits per heavy atom. The summed E-state index contributed by atoms with van der Waals surface area (Å²) < 4.78 is 34.4. The number of rotatable bonds is 9. The van der Waals surface area contributed by atoms with Crippen molar-refractivity contribution in [3.63, 3.8) is 0 Å². The van der Waals surface area contributed by atoms with E-state index < -0.39 is 10.0 Å². The Hall–Kier alpha value is -2.10. The maximum atomic E-state index is 12.7. The van der Waals surface area contributed by atoms with Crippen LogP contribution < -0.4 is 4.72 Å². The Morgan fingerprint density at radius 1 is 1.18 bits per heavy atom. The average molecular weight is 404 g/mol. The highest BCUT2D eigenvalue weighted by Gasteiger charge is 2.49. The number of hydrogen-bond donors (Lipinski definition) is 2. The normalized spacial score (nSPS) is 27.0. The van der Waals surface area contributed by atoms with Gasteiger partial charge in [-0.1, -0.05) is 30.4 Å². The quantitative estimate of drug-likeness (QED) is 0.489. The summed E-state index contributed by atoms with van der Waals surface area (Å²) in [5.41, 5.74) is 0. The first kappa shape index (κ1) is 19.2. The molecule has 2 aliphatic heterocycles. The van der Waals surface area contributed by atoms with Gasteiger partial charge in [-0.25, -0.2) is 18.2 Å². The van der Waals surface area contributed by atoms with Gasteiger partial charge in [-0.2, -0.15) is 0 Å². The van der Waals surface area contributed by atoms with Crippen LogP contribution in [0.15, 0.2) is 47.4 Å². The fraction of sp³-hybridized carbons (Fsp3) is 0.526. The molecule has 0 spiro atoms. The molecule has 4 rings (SSSR count). The molecule has 3 heterocycles. The molecule has 0 radical (unpaired) electrons. The number of aryl methyl sites for hydroxylation is 1. The number of aromatic amines is 1. The molecule has 2 N–H and O–H groups in total. The smallest absolute Gasteiger partial charge is 0.240 e. The lowest BCUT2D eigenvalue weighted by molar-refractivity contribution is 0.0907. The highest BCUT2D eigenvalue weighted by Crippen LogP contribution is 2.41. The first-order valence-corrected chi connectivity index (χ1v) is 11.2. The van der Waals surface area contributed by atoms with E-state index in [0.717, 1.165) is 44.3 Å². The molecule has 2 fully saturated rings. The third-order valence-corrected chi connectivity index (χ3v) is 6.99. The Kier molecular flexibility index (Phi) is 5.84. The number of aromatic nitrogens is 4. The zero-order valence-corrected chi connectivity index (χ0v) is 16.4. The number of sulfonamides is 1. The zero-order valence-electron chi connectivity index (χ0n) is 15.6. The lowest BCUT2D eigenvalue weighted by Crippen LogP contribution is -2.46. The van der Waals surface area contributed by atoms with Gasteiger partial charge in [0.05, 0.1) is 23.1 Å². The number of nitrogens with zero attached hydrogens (tertiary/aromatic N) is 3. The lowest BCUT2D eigenvalue weighted by Gasteiger charge is -2.27. The van der Waals surface area contributed by atoms with E-state index in [2.05, 4.69) is 37.5 Å². The van der Waals surface area contributed by atoms with Gasteiger partial charge >= 0.3 is 0 Å². The van der Waals surface area contributed by atoms with Crippen molar-refractivity contribution in [1.29, 1.82) is 0 Å². The number of ether oxygens (including phenoxy) is 1. The summed E-state index contributed by atoms with van der Waals surface area (Å²) in [4.78, 5) is 0.300. The highest BCUT2D eigenvalue weighted by atomic mass is 32.2. The number of nitrogens with one attached hydrogen (secondary N) is 2. The van der Waals surface area contributed by atoms with Crippen molar-refractivity contribution in [3.8, 4) is 0 Å². The van der Waals surface area contributed by atoms with Gasteiger partial charge in [0.25, 0.3) is 0 Å². The topological polar surface area (TPSA) is 110 Å². The predicted octanol–water partition coefficient (Wildman–Crippen LogP) is 1.99. The van der Waals surface area contributed by atoms with Gasteiger partial charge in [0, 0.05) is 12.3 Å². The van der Waals surface area contributed by atoms with Gasteiger partial charge in [0.1, 0.15) is 5.82 Å². The second-order valence-electron chi connectivity index (χ2n) is 7.36. The summed E-state index contributed by atoms with van der Waals surface area (Å²) in [6.07, 6.45) is 9.85. The third-order valence-electron chi connectivity index (χ3n) is 5.52. The van der Waals surface area contributed by atoms with Crippen LogP contribution in [-0.4, -0.2) is 47.3 Å². The maximum Gasteiger partial charge on any atom is 0.240 e. The molecule has 0 aliphatic carbocycles. The van der Waals surface area contributed by atoms with Crippen LogP contribution >= 0.6 is 0 Å². The molecule has 150 valence electrons. The SMILES string of the molecule is O=S(=O)(N[C@H]1[C@H](CC=CCCCc2nnn[nH]2)[C@H]2CC[C@@H]1O2)c1ccccc1. The summed E-state index contributed by atoms with van der Waals surface area (Å²) in [5.74, 6) is 0.970. The van der Waals surface area contributed by atoms with Gasteiger partial charge in [0.15, 0.2) is 0 Å². The second-order valence-corrected chi connectivity index (χ2v) is 9.08. The van der Waals surface area contributed by atoms with Crippen molar-refractivity contribution in [2.75, 3.05) is 0 Å². The molecule has 0 unspecified atom stereocenters. The number of benzene rings is 1. The maximum absolute atomic E-state index is 12.7. The molecule has 28 heavy (non-hydrogen) atoms. The van der Waals surface area contributed by atoms with Gasteiger partial charge in [0.2, 0.25) is 10.0 Å². The minimum absolute atomic E-state index is 0.0270. The van der Waals surface area contributed by atoms with E-state index in [9.17, 15) is 8.42 Å². The van der Waals surface area contributed by atoms with Crippen LogP contribution in [0.25, 0.3) is 0 Å². The average Bonchev–Trinajstić information content (AvgIpc) is 3.44. The number of allylic oxidation sites excluding steroid dienone is 2. The molecule has 2 bridgehead atoms. The molecule has 8 nitrogen and oxygen atoms in total. The summed E-state index contributed by atoms with van der Waals surface area (Å²) in [5, 5.41) is 13.7. The molecular weight excluding hydrogens is 378 g/mol. The fourth-order valence-corrected chi connectivity index (χ4v) is 5.46. The van der Waals surface area contributed by atoms with E-state index in [1.807, 2.05) is 6.07 Å². The van der Waals surface area contributed by atoms with Gasteiger partial charge in [-0.15, -0.1) is 5.10 Å². The summed E-state index contributed by atoms with van der Waals surface area (Å²) in [6.45, 7) is 0. The van der Waals surface area contributed by atoms with Crippen LogP contribution in [0.1, 0.15) is 37.9 Å². The first-order chi connectivity index (χ1) is 13.6. The zero-order chi connectivity index (χ0) is 19.4. The van der Waals surface area contributed by atoms with Crippen LogP contribution in [0.4, 0.5) is 0 Å². The molecule has 9 heteroatoms. The molecule has 1 aromatic carbocycles. The molecule has 1 aromatic heterocycles. The minimum atomic E-state index is -3.54. The van der Waals surface area contributed by atoms with E-state index in [1.165, 1.54) is 0 Å². The standard InChI is InChI=1S/C19H25N5O3S/c25-28(26,14-8-4-3-5-9-14)22-19-15(16-12-13-17(19)27-16)10-6-1-2-7-11-18-20-23-24-21-18/h1,3-6,8-9,15-17,19,22H,2,7,10-13H2,(H,20,21,23,24)/t15-,16-,17+,19+/m1/s1. The summed E-state index contributed by atoms with van der Waals surface area (Å²) in [7, 11) is -3.54. The molecular formula is C19H25N5O3S. The monoisotopic (exact) mass is 403 g/mol. The van der Waals surface area contributed by atoms with Crippen molar-refractivity contribution in [2.45, 2.75) is 61.7 Å². The van der Waals surface area contributed by atoms with Gasteiger partial charge in [-0.05, 0) is 54.7 Å². The van der Waals surface area contributed by atoms with Crippen LogP contribution in [0.3, 0.4) is 0 Å². The first-order valence-electron chi connectivity index (χ1n) is 9.74. The minimum Gasteiger partial charge on any atom is -0.373 e. The molecule has 2 saturated heterocycles. The third kappa shape index (κ3) is 4.31. The Morgan fingerprint density at radius 2 is 2.00 bits per heavy atom. The van der Waals surface area contributed by atoms with Crippen molar-refractivity contribution in [2.24, 2.45) is 5.92 Å². The Balaban J connectivity index is 1.33. The van der Waals surface area contributed by atoms with E-state index in [1.54, 1.807) is 24.3 Å². The number of hydrogen-bond acceptors (Lipinski definition) is 6. The fourth-order valence-electron chi connectivity index (χ4n) is 4.13. The molecule has 2 aliphatic rings. The van der Waals surface area contributed by atoms with Crippen molar-refractivity contribution < 1.29 is 13.2 Å². The Labute approximate surface area is 164 Å². The van der Waals surface area contributed by atoms with Crippen LogP contribution in [-0.2, 0) is 21.2 Å². The van der Waals surface area contributed by atoms with Crippen LogP contribution in [0.2, 0.25) is 0 Å². The molecule has 0 amide bonds. The predicted molar refractivity (Wildman–Crippen MR) is 103 cm³/mol. The molecule has 0 saturated carbocycles. The molecule has 4 atom stereocenters. The highest BCUT2D eigenvalue weighted by molar-refractivity contribution is 7.89. The lowest BCUT2D eigenvalue weighted by atomic mass is 9.83.